The summed E-state index contributed by atoms with van der Waals surface area (Å²) < 4.78 is 5.42. The lowest BCUT2D eigenvalue weighted by Crippen LogP contribution is -2.43. The molecule has 1 aliphatic heterocycles. The molecule has 0 spiro atoms. The van der Waals surface area contributed by atoms with E-state index >= 15 is 0 Å². The zero-order chi connectivity index (χ0) is 18.0. The van der Waals surface area contributed by atoms with Gasteiger partial charge in [-0.05, 0) is 52.9 Å². The van der Waals surface area contributed by atoms with Gasteiger partial charge in [0.25, 0.3) is 0 Å². The molecule has 0 aromatic heterocycles. The Morgan fingerprint density at radius 1 is 1.20 bits per heavy atom. The quantitative estimate of drug-likeness (QED) is 0.327. The average molecular weight is 468 g/mol. The first-order valence-corrected chi connectivity index (χ1v) is 9.26. The SMILES string of the molecule is CCNC(=O)C(C)(C)CN=C(NCC)N(C)CCC1CCOCC1.I. The molecule has 0 unspecified atom stereocenters. The van der Waals surface area contributed by atoms with Gasteiger partial charge in [-0.3, -0.25) is 9.79 Å². The summed E-state index contributed by atoms with van der Waals surface area (Å²) in [5.41, 5.74) is -0.502. The summed E-state index contributed by atoms with van der Waals surface area (Å²) in [7, 11) is 2.07. The van der Waals surface area contributed by atoms with Gasteiger partial charge in [-0.1, -0.05) is 0 Å². The van der Waals surface area contributed by atoms with Crippen molar-refractivity contribution < 1.29 is 9.53 Å². The number of carbonyl (C=O) groups is 1. The zero-order valence-corrected chi connectivity index (χ0v) is 18.9. The normalized spacial score (nSPS) is 16.1. The molecule has 0 atom stereocenters. The maximum Gasteiger partial charge on any atom is 0.227 e. The summed E-state index contributed by atoms with van der Waals surface area (Å²) in [5, 5.41) is 6.22. The largest absolute Gasteiger partial charge is 0.381 e. The summed E-state index contributed by atoms with van der Waals surface area (Å²) >= 11 is 0. The first-order chi connectivity index (χ1) is 11.4. The standard InChI is InChI=1S/C18H36N4O2.HI/c1-6-19-16(23)18(3,4)14-21-17(20-7-2)22(5)11-8-15-9-12-24-13-10-15;/h15H,6-14H2,1-5H3,(H,19,23)(H,20,21);1H. The number of hydrogen-bond donors (Lipinski definition) is 2. The van der Waals surface area contributed by atoms with E-state index in [4.69, 9.17) is 9.73 Å². The molecule has 2 N–H and O–H groups in total. The number of ether oxygens (including phenoxy) is 1. The Kier molecular flexibility index (Phi) is 12.4. The molecule has 0 radical (unpaired) electrons. The van der Waals surface area contributed by atoms with Crippen molar-refractivity contribution in [3.63, 3.8) is 0 Å². The predicted octanol–water partition coefficient (Wildman–Crippen LogP) is 2.48. The smallest absolute Gasteiger partial charge is 0.227 e. The molecule has 0 aromatic rings. The highest BCUT2D eigenvalue weighted by atomic mass is 127. The minimum atomic E-state index is -0.502. The van der Waals surface area contributed by atoms with E-state index in [0.717, 1.165) is 57.4 Å². The number of rotatable bonds is 8. The third-order valence-electron chi connectivity index (χ3n) is 4.49. The summed E-state index contributed by atoms with van der Waals surface area (Å²) in [5.74, 6) is 1.67. The van der Waals surface area contributed by atoms with Gasteiger partial charge in [0, 0.05) is 39.9 Å². The first kappa shape index (κ1) is 24.4. The predicted molar refractivity (Wildman–Crippen MR) is 115 cm³/mol. The molecule has 0 aliphatic carbocycles. The number of amides is 1. The Labute approximate surface area is 170 Å². The van der Waals surface area contributed by atoms with Crippen LogP contribution in [0.4, 0.5) is 0 Å². The van der Waals surface area contributed by atoms with Gasteiger partial charge in [0.15, 0.2) is 5.96 Å². The fraction of sp³-hybridized carbons (Fsp3) is 0.889. The maximum atomic E-state index is 12.1. The lowest BCUT2D eigenvalue weighted by molar-refractivity contribution is -0.128. The second kappa shape index (κ2) is 12.7. The van der Waals surface area contributed by atoms with E-state index < -0.39 is 5.41 Å². The molecule has 6 nitrogen and oxygen atoms in total. The van der Waals surface area contributed by atoms with Crippen LogP contribution in [0.25, 0.3) is 0 Å². The molecule has 1 amide bonds. The third kappa shape index (κ3) is 9.08. The summed E-state index contributed by atoms with van der Waals surface area (Å²) in [6, 6.07) is 0. The van der Waals surface area contributed by atoms with E-state index in [2.05, 4.69) is 29.5 Å². The number of halogens is 1. The molecule has 1 saturated heterocycles. The van der Waals surface area contributed by atoms with Gasteiger partial charge in [-0.25, -0.2) is 0 Å². The van der Waals surface area contributed by atoms with Crippen LogP contribution in [0.15, 0.2) is 4.99 Å². The van der Waals surface area contributed by atoms with Crippen molar-refractivity contribution in [1.29, 1.82) is 0 Å². The van der Waals surface area contributed by atoms with Gasteiger partial charge >= 0.3 is 0 Å². The van der Waals surface area contributed by atoms with Crippen molar-refractivity contribution in [2.24, 2.45) is 16.3 Å². The van der Waals surface area contributed by atoms with Crippen LogP contribution in [0.3, 0.4) is 0 Å². The fourth-order valence-electron chi connectivity index (χ4n) is 2.73. The van der Waals surface area contributed by atoms with Gasteiger partial charge in [0.05, 0.1) is 12.0 Å². The Balaban J connectivity index is 0.00000576. The molecule has 0 bridgehead atoms. The number of aliphatic imine (C=N–C) groups is 1. The van der Waals surface area contributed by atoms with E-state index in [1.807, 2.05) is 20.8 Å². The molecule has 0 aromatic carbocycles. The average Bonchev–Trinajstić information content (AvgIpc) is 2.57. The molecular weight excluding hydrogens is 431 g/mol. The number of nitrogens with zero attached hydrogens (tertiary/aromatic N) is 2. The fourth-order valence-corrected chi connectivity index (χ4v) is 2.73. The Hall–Kier alpha value is -0.570. The highest BCUT2D eigenvalue weighted by molar-refractivity contribution is 14.0. The van der Waals surface area contributed by atoms with Crippen LogP contribution in [0.5, 0.6) is 0 Å². The second-order valence-corrected chi connectivity index (χ2v) is 7.18. The molecule has 0 saturated carbocycles. The molecule has 1 aliphatic rings. The van der Waals surface area contributed by atoms with E-state index in [0.29, 0.717) is 13.1 Å². The van der Waals surface area contributed by atoms with E-state index in [9.17, 15) is 4.79 Å². The minimum absolute atomic E-state index is 0. The first-order valence-electron chi connectivity index (χ1n) is 9.26. The Bertz CT molecular complexity index is 410. The van der Waals surface area contributed by atoms with Gasteiger partial charge in [-0.2, -0.15) is 0 Å². The summed E-state index contributed by atoms with van der Waals surface area (Å²) in [6.07, 6.45) is 3.47. The number of guanidine groups is 1. The molecule has 1 heterocycles. The molecule has 1 fully saturated rings. The maximum absolute atomic E-state index is 12.1. The Morgan fingerprint density at radius 3 is 2.36 bits per heavy atom. The monoisotopic (exact) mass is 468 g/mol. The summed E-state index contributed by atoms with van der Waals surface area (Å²) in [4.78, 5) is 19.0. The van der Waals surface area contributed by atoms with E-state index in [1.54, 1.807) is 0 Å². The number of nitrogens with one attached hydrogen (secondary N) is 2. The van der Waals surface area contributed by atoms with Gasteiger partial charge in [0.2, 0.25) is 5.91 Å². The molecule has 7 heteroatoms. The number of carbonyl (C=O) groups excluding carboxylic acids is 1. The van der Waals surface area contributed by atoms with Crippen molar-refractivity contribution in [1.82, 2.24) is 15.5 Å². The zero-order valence-electron chi connectivity index (χ0n) is 16.6. The molecule has 1 rings (SSSR count). The van der Waals surface area contributed by atoms with Crippen LogP contribution in [-0.2, 0) is 9.53 Å². The topological polar surface area (TPSA) is 66.0 Å². The van der Waals surface area contributed by atoms with Crippen LogP contribution in [-0.4, -0.2) is 63.2 Å². The van der Waals surface area contributed by atoms with Crippen LogP contribution in [0.1, 0.15) is 47.0 Å². The Morgan fingerprint density at radius 2 is 1.80 bits per heavy atom. The van der Waals surface area contributed by atoms with E-state index in [-0.39, 0.29) is 29.9 Å². The van der Waals surface area contributed by atoms with Crippen LogP contribution >= 0.6 is 24.0 Å². The third-order valence-corrected chi connectivity index (χ3v) is 4.49. The minimum Gasteiger partial charge on any atom is -0.381 e. The number of hydrogen-bond acceptors (Lipinski definition) is 3. The lowest BCUT2D eigenvalue weighted by Gasteiger charge is -2.28. The second-order valence-electron chi connectivity index (χ2n) is 7.18. The van der Waals surface area contributed by atoms with Crippen LogP contribution in [0, 0.1) is 11.3 Å². The van der Waals surface area contributed by atoms with Gasteiger partial charge in [0.1, 0.15) is 0 Å². The van der Waals surface area contributed by atoms with Gasteiger partial charge in [-0.15, -0.1) is 24.0 Å². The van der Waals surface area contributed by atoms with Crippen LogP contribution < -0.4 is 10.6 Å². The van der Waals surface area contributed by atoms with Crippen molar-refractivity contribution in [3.8, 4) is 0 Å². The van der Waals surface area contributed by atoms with Crippen molar-refractivity contribution >= 4 is 35.8 Å². The molecule has 148 valence electrons. The van der Waals surface area contributed by atoms with E-state index in [1.165, 1.54) is 0 Å². The summed E-state index contributed by atoms with van der Waals surface area (Å²) in [6.45, 7) is 12.6. The highest BCUT2D eigenvalue weighted by Crippen LogP contribution is 2.19. The van der Waals surface area contributed by atoms with Crippen molar-refractivity contribution in [2.45, 2.75) is 47.0 Å². The van der Waals surface area contributed by atoms with Crippen molar-refractivity contribution in [2.75, 3.05) is 46.4 Å². The highest BCUT2D eigenvalue weighted by Gasteiger charge is 2.27. The van der Waals surface area contributed by atoms with Crippen LogP contribution in [0.2, 0.25) is 0 Å². The van der Waals surface area contributed by atoms with Crippen molar-refractivity contribution in [3.05, 3.63) is 0 Å². The lowest BCUT2D eigenvalue weighted by atomic mass is 9.92. The molecular formula is C18H37IN4O2. The molecule has 25 heavy (non-hydrogen) atoms. The van der Waals surface area contributed by atoms with Gasteiger partial charge < -0.3 is 20.3 Å².